The molecule has 1 aliphatic heterocycles. The molecule has 0 spiro atoms. The van der Waals surface area contributed by atoms with E-state index in [4.69, 9.17) is 4.74 Å². The fraction of sp³-hybridized carbons (Fsp3) is 0.909. The summed E-state index contributed by atoms with van der Waals surface area (Å²) >= 11 is 0. The van der Waals surface area contributed by atoms with E-state index in [1.165, 1.54) is 19.3 Å². The number of esters is 1. The van der Waals surface area contributed by atoms with Gasteiger partial charge in [-0.25, -0.2) is 0 Å². The van der Waals surface area contributed by atoms with Crippen molar-refractivity contribution >= 4 is 5.97 Å². The number of piperidine rings is 1. The molecule has 1 heterocycles. The van der Waals surface area contributed by atoms with Gasteiger partial charge in [0.25, 0.3) is 0 Å². The van der Waals surface area contributed by atoms with Crippen LogP contribution in [0.4, 0.5) is 0 Å². The fourth-order valence-corrected chi connectivity index (χ4v) is 1.75. The Morgan fingerprint density at radius 1 is 1.29 bits per heavy atom. The highest BCUT2D eigenvalue weighted by molar-refractivity contribution is 5.69. The molecule has 1 fully saturated rings. The van der Waals surface area contributed by atoms with Crippen molar-refractivity contribution in [3.8, 4) is 0 Å². The van der Waals surface area contributed by atoms with Gasteiger partial charge in [0, 0.05) is 6.54 Å². The first kappa shape index (κ1) is 11.5. The van der Waals surface area contributed by atoms with Crippen molar-refractivity contribution in [3.63, 3.8) is 0 Å². The Kier molecular flexibility index (Phi) is 4.94. The molecule has 0 unspecified atom stereocenters. The smallest absolute Gasteiger partial charge is 0.307 e. The normalized spacial score (nSPS) is 18.5. The van der Waals surface area contributed by atoms with Crippen molar-refractivity contribution in [2.24, 2.45) is 0 Å². The van der Waals surface area contributed by atoms with E-state index >= 15 is 0 Å². The Balaban J connectivity index is 2.09. The van der Waals surface area contributed by atoms with Gasteiger partial charge in [-0.05, 0) is 39.8 Å². The van der Waals surface area contributed by atoms with Crippen molar-refractivity contribution in [1.29, 1.82) is 0 Å². The van der Waals surface area contributed by atoms with Crippen LogP contribution in [0.3, 0.4) is 0 Å². The maximum absolute atomic E-state index is 11.2. The molecule has 1 aliphatic rings. The van der Waals surface area contributed by atoms with Crippen molar-refractivity contribution in [1.82, 2.24) is 4.90 Å². The minimum absolute atomic E-state index is 0.0175. The van der Waals surface area contributed by atoms with Gasteiger partial charge in [0.1, 0.15) is 0 Å². The Morgan fingerprint density at radius 3 is 2.50 bits per heavy atom. The van der Waals surface area contributed by atoms with Gasteiger partial charge in [-0.2, -0.15) is 0 Å². The topological polar surface area (TPSA) is 29.5 Å². The van der Waals surface area contributed by atoms with Gasteiger partial charge in [-0.3, -0.25) is 4.79 Å². The van der Waals surface area contributed by atoms with Crippen LogP contribution in [0.25, 0.3) is 0 Å². The molecule has 1 saturated heterocycles. The van der Waals surface area contributed by atoms with E-state index in [9.17, 15) is 4.79 Å². The number of likely N-dealkylation sites (tertiary alicyclic amines) is 1. The second kappa shape index (κ2) is 6.02. The quantitative estimate of drug-likeness (QED) is 0.647. The lowest BCUT2D eigenvalue weighted by Crippen LogP contribution is -2.32. The molecule has 0 radical (unpaired) electrons. The third kappa shape index (κ3) is 4.61. The van der Waals surface area contributed by atoms with Gasteiger partial charge >= 0.3 is 5.97 Å². The molecule has 3 heteroatoms. The number of carbonyl (C=O) groups is 1. The van der Waals surface area contributed by atoms with E-state index in [0.29, 0.717) is 6.42 Å². The highest BCUT2D eigenvalue weighted by atomic mass is 16.5. The second-order valence-electron chi connectivity index (χ2n) is 4.19. The van der Waals surface area contributed by atoms with Gasteiger partial charge in [0.15, 0.2) is 0 Å². The van der Waals surface area contributed by atoms with E-state index in [1.54, 1.807) is 0 Å². The molecule has 0 N–H and O–H groups in total. The molecular weight excluding hydrogens is 178 g/mol. The molecular formula is C11H21NO2. The summed E-state index contributed by atoms with van der Waals surface area (Å²) in [7, 11) is 0. The summed E-state index contributed by atoms with van der Waals surface area (Å²) in [6, 6.07) is 0. The molecule has 82 valence electrons. The number of nitrogens with zero attached hydrogens (tertiary/aromatic N) is 1. The highest BCUT2D eigenvalue weighted by Gasteiger charge is 2.12. The van der Waals surface area contributed by atoms with E-state index in [-0.39, 0.29) is 12.1 Å². The molecule has 0 atom stereocenters. The SMILES string of the molecule is CC(C)OC(=O)CCN1CCCCC1. The lowest BCUT2D eigenvalue weighted by molar-refractivity contribution is -0.147. The van der Waals surface area contributed by atoms with Crippen molar-refractivity contribution < 1.29 is 9.53 Å². The van der Waals surface area contributed by atoms with Gasteiger partial charge < -0.3 is 9.64 Å². The maximum Gasteiger partial charge on any atom is 0.307 e. The number of hydrogen-bond acceptors (Lipinski definition) is 3. The minimum Gasteiger partial charge on any atom is -0.463 e. The molecule has 0 amide bonds. The zero-order valence-electron chi connectivity index (χ0n) is 9.29. The molecule has 0 aromatic carbocycles. The van der Waals surface area contributed by atoms with Crippen LogP contribution in [0.1, 0.15) is 39.5 Å². The molecule has 0 saturated carbocycles. The lowest BCUT2D eigenvalue weighted by Gasteiger charge is -2.25. The minimum atomic E-state index is -0.0643. The van der Waals surface area contributed by atoms with Crippen molar-refractivity contribution in [2.45, 2.75) is 45.6 Å². The molecule has 0 bridgehead atoms. The summed E-state index contributed by atoms with van der Waals surface area (Å²) < 4.78 is 5.08. The summed E-state index contributed by atoms with van der Waals surface area (Å²) in [5.41, 5.74) is 0. The van der Waals surface area contributed by atoms with Crippen LogP contribution in [0.2, 0.25) is 0 Å². The molecule has 0 aliphatic carbocycles. The van der Waals surface area contributed by atoms with Gasteiger partial charge in [-0.15, -0.1) is 0 Å². The Morgan fingerprint density at radius 2 is 1.93 bits per heavy atom. The van der Waals surface area contributed by atoms with Gasteiger partial charge in [0.2, 0.25) is 0 Å². The summed E-state index contributed by atoms with van der Waals surface area (Å²) in [6.07, 6.45) is 4.45. The zero-order chi connectivity index (χ0) is 10.4. The van der Waals surface area contributed by atoms with Crippen LogP contribution >= 0.6 is 0 Å². The summed E-state index contributed by atoms with van der Waals surface area (Å²) in [5.74, 6) is -0.0643. The van der Waals surface area contributed by atoms with Crippen LogP contribution in [0, 0.1) is 0 Å². The van der Waals surface area contributed by atoms with Crippen LogP contribution in [0.5, 0.6) is 0 Å². The monoisotopic (exact) mass is 199 g/mol. The number of carbonyl (C=O) groups excluding carboxylic acids is 1. The zero-order valence-corrected chi connectivity index (χ0v) is 9.29. The average molecular weight is 199 g/mol. The van der Waals surface area contributed by atoms with E-state index in [2.05, 4.69) is 4.90 Å². The molecule has 0 aromatic heterocycles. The summed E-state index contributed by atoms with van der Waals surface area (Å²) in [4.78, 5) is 13.6. The van der Waals surface area contributed by atoms with Crippen molar-refractivity contribution in [3.05, 3.63) is 0 Å². The largest absolute Gasteiger partial charge is 0.463 e. The number of hydrogen-bond donors (Lipinski definition) is 0. The Labute approximate surface area is 86.4 Å². The standard InChI is InChI=1S/C11H21NO2/c1-10(2)14-11(13)6-9-12-7-4-3-5-8-12/h10H,3-9H2,1-2H3. The maximum atomic E-state index is 11.2. The van der Waals surface area contributed by atoms with Crippen molar-refractivity contribution in [2.75, 3.05) is 19.6 Å². The summed E-state index contributed by atoms with van der Waals surface area (Å²) in [6.45, 7) is 6.94. The summed E-state index contributed by atoms with van der Waals surface area (Å²) in [5, 5.41) is 0. The van der Waals surface area contributed by atoms with Crippen LogP contribution in [-0.2, 0) is 9.53 Å². The van der Waals surface area contributed by atoms with Crippen LogP contribution in [0.15, 0.2) is 0 Å². The van der Waals surface area contributed by atoms with E-state index in [0.717, 1.165) is 19.6 Å². The molecule has 0 aromatic rings. The second-order valence-corrected chi connectivity index (χ2v) is 4.19. The lowest BCUT2D eigenvalue weighted by atomic mass is 10.1. The first-order valence-corrected chi connectivity index (χ1v) is 5.60. The predicted octanol–water partition coefficient (Wildman–Crippen LogP) is 1.81. The van der Waals surface area contributed by atoms with Gasteiger partial charge in [0.05, 0.1) is 12.5 Å². The Bertz CT molecular complexity index is 174. The van der Waals surface area contributed by atoms with Gasteiger partial charge in [-0.1, -0.05) is 6.42 Å². The van der Waals surface area contributed by atoms with E-state index < -0.39 is 0 Å². The fourth-order valence-electron chi connectivity index (χ4n) is 1.75. The number of ether oxygens (including phenoxy) is 1. The molecule has 1 rings (SSSR count). The number of rotatable bonds is 4. The van der Waals surface area contributed by atoms with Crippen LogP contribution < -0.4 is 0 Å². The first-order chi connectivity index (χ1) is 6.68. The molecule has 14 heavy (non-hydrogen) atoms. The highest BCUT2D eigenvalue weighted by Crippen LogP contribution is 2.09. The average Bonchev–Trinajstić information content (AvgIpc) is 2.15. The third-order valence-corrected chi connectivity index (χ3v) is 2.45. The molecule has 3 nitrogen and oxygen atoms in total. The third-order valence-electron chi connectivity index (χ3n) is 2.45. The van der Waals surface area contributed by atoms with Crippen LogP contribution in [-0.4, -0.2) is 36.6 Å². The Hall–Kier alpha value is -0.570. The first-order valence-electron chi connectivity index (χ1n) is 5.60. The van der Waals surface area contributed by atoms with E-state index in [1.807, 2.05) is 13.8 Å². The predicted molar refractivity (Wildman–Crippen MR) is 56.1 cm³/mol.